The van der Waals surface area contributed by atoms with E-state index in [9.17, 15) is 4.79 Å². The number of benzene rings is 1. The highest BCUT2D eigenvalue weighted by Gasteiger charge is 2.23. The summed E-state index contributed by atoms with van der Waals surface area (Å²) in [5.74, 6) is 0.988. The van der Waals surface area contributed by atoms with Gasteiger partial charge in [0.15, 0.2) is 11.2 Å². The Morgan fingerprint density at radius 1 is 1.16 bits per heavy atom. The number of aromatic nitrogens is 5. The Balaban J connectivity index is 1.83. The lowest BCUT2D eigenvalue weighted by molar-refractivity contribution is 0.0548. The molecule has 31 heavy (non-hydrogen) atoms. The van der Waals surface area contributed by atoms with Crippen LogP contribution >= 0.6 is 15.9 Å². The van der Waals surface area contributed by atoms with Gasteiger partial charge in [0.2, 0.25) is 11.8 Å². The molecule has 0 radical (unpaired) electrons. The highest BCUT2D eigenvalue weighted by molar-refractivity contribution is 9.10. The molecule has 0 saturated carbocycles. The number of nitrogens with zero attached hydrogens (tertiary/aromatic N) is 5. The zero-order valence-electron chi connectivity index (χ0n) is 17.5. The lowest BCUT2D eigenvalue weighted by atomic mass is 10.2. The van der Waals surface area contributed by atoms with Crippen LogP contribution in [0.15, 0.2) is 41.1 Å². The van der Waals surface area contributed by atoms with Crippen molar-refractivity contribution >= 4 is 55.9 Å². The molecule has 160 valence electrons. The second-order valence-electron chi connectivity index (χ2n) is 7.69. The molecule has 4 aromatic rings. The minimum absolute atomic E-state index is 0.225. The first-order valence-electron chi connectivity index (χ1n) is 9.68. The largest absolute Gasteiger partial charge is 0.476 e. The molecule has 1 aromatic carbocycles. The Kier molecular flexibility index (Phi) is 5.48. The predicted molar refractivity (Wildman–Crippen MR) is 121 cm³/mol. The molecule has 0 atom stereocenters. The van der Waals surface area contributed by atoms with Crippen molar-refractivity contribution in [3.63, 3.8) is 0 Å². The van der Waals surface area contributed by atoms with Gasteiger partial charge in [-0.25, -0.2) is 19.3 Å². The SMILES string of the molecule is CCOc1nc(Nc2cc3cc(Br)ccc3n2C(=O)OC(C)(C)C)nc2nccnc12. The monoisotopic (exact) mass is 484 g/mol. The second kappa shape index (κ2) is 8.10. The summed E-state index contributed by atoms with van der Waals surface area (Å²) in [6, 6.07) is 7.45. The molecule has 3 heterocycles. The maximum atomic E-state index is 13.0. The Labute approximate surface area is 187 Å². The number of fused-ring (bicyclic) bond motifs is 2. The highest BCUT2D eigenvalue weighted by atomic mass is 79.9. The Morgan fingerprint density at radius 2 is 1.94 bits per heavy atom. The maximum absolute atomic E-state index is 13.0. The summed E-state index contributed by atoms with van der Waals surface area (Å²) >= 11 is 3.47. The van der Waals surface area contributed by atoms with Crippen LogP contribution in [0.4, 0.5) is 16.6 Å². The van der Waals surface area contributed by atoms with Gasteiger partial charge in [-0.05, 0) is 52.0 Å². The molecule has 0 spiro atoms. The lowest BCUT2D eigenvalue weighted by Gasteiger charge is -2.21. The van der Waals surface area contributed by atoms with Crippen molar-refractivity contribution in [3.8, 4) is 5.88 Å². The average Bonchev–Trinajstić information content (AvgIpc) is 3.03. The van der Waals surface area contributed by atoms with Crippen molar-refractivity contribution in [2.24, 2.45) is 0 Å². The predicted octanol–water partition coefficient (Wildman–Crippen LogP) is 5.06. The topological polar surface area (TPSA) is 104 Å². The van der Waals surface area contributed by atoms with E-state index in [0.717, 1.165) is 9.86 Å². The van der Waals surface area contributed by atoms with E-state index in [-0.39, 0.29) is 5.95 Å². The molecule has 0 aliphatic rings. The van der Waals surface area contributed by atoms with Gasteiger partial charge in [0.05, 0.1) is 12.1 Å². The summed E-state index contributed by atoms with van der Waals surface area (Å²) in [5, 5.41) is 3.96. The number of nitrogens with one attached hydrogen (secondary N) is 1. The van der Waals surface area contributed by atoms with Gasteiger partial charge in [0.1, 0.15) is 11.4 Å². The van der Waals surface area contributed by atoms with Crippen molar-refractivity contribution < 1.29 is 14.3 Å². The van der Waals surface area contributed by atoms with Crippen LogP contribution in [0, 0.1) is 0 Å². The first kappa shape index (κ1) is 21.0. The first-order chi connectivity index (χ1) is 14.7. The molecule has 10 heteroatoms. The fourth-order valence-corrected chi connectivity index (χ4v) is 3.41. The fourth-order valence-electron chi connectivity index (χ4n) is 3.03. The molecule has 0 aliphatic carbocycles. The number of anilines is 2. The standard InChI is InChI=1S/C21H21BrN6O3/c1-5-30-18-16-17(24-9-8-23-16)26-19(27-18)25-15-11-12-10-13(22)6-7-14(12)28(15)20(29)31-21(2,3)4/h6-11H,5H2,1-4H3,(H,24,25,26,27). The third-order valence-electron chi connectivity index (χ3n) is 4.16. The van der Waals surface area contributed by atoms with E-state index in [1.54, 1.807) is 12.4 Å². The van der Waals surface area contributed by atoms with Gasteiger partial charge < -0.3 is 14.8 Å². The number of hydrogen-bond acceptors (Lipinski definition) is 8. The molecule has 0 bridgehead atoms. The minimum atomic E-state index is -0.655. The van der Waals surface area contributed by atoms with Crippen LogP contribution in [0.5, 0.6) is 5.88 Å². The average molecular weight is 485 g/mol. The Morgan fingerprint density at radius 3 is 2.68 bits per heavy atom. The zero-order chi connectivity index (χ0) is 22.2. The third kappa shape index (κ3) is 4.43. The number of halogens is 1. The van der Waals surface area contributed by atoms with Gasteiger partial charge in [0.25, 0.3) is 0 Å². The summed E-state index contributed by atoms with van der Waals surface area (Å²) in [7, 11) is 0. The van der Waals surface area contributed by atoms with Crippen LogP contribution in [-0.2, 0) is 4.74 Å². The van der Waals surface area contributed by atoms with Gasteiger partial charge in [0, 0.05) is 22.3 Å². The van der Waals surface area contributed by atoms with Crippen molar-refractivity contribution in [1.29, 1.82) is 0 Å². The van der Waals surface area contributed by atoms with Crippen LogP contribution in [0.1, 0.15) is 27.7 Å². The van der Waals surface area contributed by atoms with E-state index in [4.69, 9.17) is 9.47 Å². The molecule has 0 saturated heterocycles. The van der Waals surface area contributed by atoms with E-state index in [1.165, 1.54) is 4.57 Å². The van der Waals surface area contributed by atoms with Gasteiger partial charge in [-0.1, -0.05) is 15.9 Å². The van der Waals surface area contributed by atoms with Crippen molar-refractivity contribution in [2.75, 3.05) is 11.9 Å². The molecular weight excluding hydrogens is 464 g/mol. The number of ether oxygens (including phenoxy) is 2. The minimum Gasteiger partial charge on any atom is -0.476 e. The normalized spacial score (nSPS) is 11.6. The summed E-state index contributed by atoms with van der Waals surface area (Å²) in [6.45, 7) is 7.73. The molecule has 0 amide bonds. The summed E-state index contributed by atoms with van der Waals surface area (Å²) < 4.78 is 13.6. The van der Waals surface area contributed by atoms with Gasteiger partial charge in [-0.3, -0.25) is 0 Å². The quantitative estimate of drug-likeness (QED) is 0.428. The van der Waals surface area contributed by atoms with Crippen molar-refractivity contribution in [1.82, 2.24) is 24.5 Å². The Bertz CT molecular complexity index is 1280. The van der Waals surface area contributed by atoms with Gasteiger partial charge in [-0.15, -0.1) is 0 Å². The molecule has 0 fully saturated rings. The van der Waals surface area contributed by atoms with Crippen LogP contribution < -0.4 is 10.1 Å². The van der Waals surface area contributed by atoms with E-state index < -0.39 is 11.7 Å². The zero-order valence-corrected chi connectivity index (χ0v) is 19.1. The maximum Gasteiger partial charge on any atom is 0.420 e. The first-order valence-corrected chi connectivity index (χ1v) is 10.5. The number of carbonyl (C=O) groups excluding carboxylic acids is 1. The van der Waals surface area contributed by atoms with Gasteiger partial charge >= 0.3 is 6.09 Å². The van der Waals surface area contributed by atoms with Crippen LogP contribution in [0.2, 0.25) is 0 Å². The number of rotatable bonds is 4. The Hall–Kier alpha value is -3.27. The summed E-state index contributed by atoms with van der Waals surface area (Å²) in [5.41, 5.74) is 0.875. The summed E-state index contributed by atoms with van der Waals surface area (Å²) in [4.78, 5) is 30.4. The molecule has 3 aromatic heterocycles. The van der Waals surface area contributed by atoms with E-state index in [0.29, 0.717) is 35.0 Å². The van der Waals surface area contributed by atoms with Gasteiger partial charge in [-0.2, -0.15) is 9.97 Å². The number of hydrogen-bond donors (Lipinski definition) is 1. The second-order valence-corrected chi connectivity index (χ2v) is 8.60. The van der Waals surface area contributed by atoms with E-state index in [2.05, 4.69) is 41.2 Å². The van der Waals surface area contributed by atoms with Crippen LogP contribution in [0.3, 0.4) is 0 Å². The highest BCUT2D eigenvalue weighted by Crippen LogP contribution is 2.30. The molecule has 9 nitrogen and oxygen atoms in total. The molecule has 1 N–H and O–H groups in total. The smallest absolute Gasteiger partial charge is 0.420 e. The molecular formula is C21H21BrN6O3. The summed E-state index contributed by atoms with van der Waals surface area (Å²) in [6.07, 6.45) is 2.59. The number of carbonyl (C=O) groups is 1. The van der Waals surface area contributed by atoms with Crippen molar-refractivity contribution in [3.05, 3.63) is 41.1 Å². The fraction of sp³-hybridized carbons (Fsp3) is 0.286. The molecule has 0 aliphatic heterocycles. The van der Waals surface area contributed by atoms with E-state index >= 15 is 0 Å². The lowest BCUT2D eigenvalue weighted by Crippen LogP contribution is -2.27. The molecule has 0 unspecified atom stereocenters. The van der Waals surface area contributed by atoms with Crippen LogP contribution in [-0.4, -0.2) is 42.8 Å². The van der Waals surface area contributed by atoms with Crippen LogP contribution in [0.25, 0.3) is 22.1 Å². The third-order valence-corrected chi connectivity index (χ3v) is 4.65. The van der Waals surface area contributed by atoms with E-state index in [1.807, 2.05) is 52.0 Å². The van der Waals surface area contributed by atoms with Crippen molar-refractivity contribution in [2.45, 2.75) is 33.3 Å². The molecule has 4 rings (SSSR count).